The quantitative estimate of drug-likeness (QED) is 0.443. The van der Waals surface area contributed by atoms with Gasteiger partial charge in [-0.05, 0) is 58.7 Å². The highest BCUT2D eigenvalue weighted by atomic mass is 35.5. The first-order valence-electron chi connectivity index (χ1n) is 9.95. The van der Waals surface area contributed by atoms with Crippen molar-refractivity contribution in [3.8, 4) is 0 Å². The molecular weight excluding hydrogens is 439 g/mol. The fourth-order valence-electron chi connectivity index (χ4n) is 3.97. The van der Waals surface area contributed by atoms with E-state index in [-0.39, 0.29) is 12.5 Å². The van der Waals surface area contributed by atoms with Crippen LogP contribution < -0.4 is 0 Å². The third-order valence-electron chi connectivity index (χ3n) is 5.34. The molecule has 4 rings (SSSR count). The molecule has 1 heterocycles. The summed E-state index contributed by atoms with van der Waals surface area (Å²) in [6.45, 7) is 1.37. The summed E-state index contributed by atoms with van der Waals surface area (Å²) in [6.07, 6.45) is 1.14. The lowest BCUT2D eigenvalue weighted by molar-refractivity contribution is 0.187. The zero-order chi connectivity index (χ0) is 22.0. The number of aliphatic hydroxyl groups excluding tert-OH is 1. The van der Waals surface area contributed by atoms with E-state index in [0.717, 1.165) is 22.8 Å². The molecule has 0 amide bonds. The summed E-state index contributed by atoms with van der Waals surface area (Å²) >= 11 is 12.1. The fourth-order valence-corrected chi connectivity index (χ4v) is 4.22. The fraction of sp³-hybridized carbons (Fsp3) is 0.200. The van der Waals surface area contributed by atoms with Crippen LogP contribution in [0, 0.1) is 11.6 Å². The summed E-state index contributed by atoms with van der Waals surface area (Å²) < 4.78 is 26.7. The molecule has 3 aromatic rings. The molecule has 1 saturated heterocycles. The van der Waals surface area contributed by atoms with Crippen molar-refractivity contribution >= 4 is 23.2 Å². The summed E-state index contributed by atoms with van der Waals surface area (Å²) in [5, 5.41) is 11.7. The Morgan fingerprint density at radius 2 is 1.32 bits per heavy atom. The molecule has 6 heteroatoms. The molecular formula is C25H21Cl2F2NO. The molecule has 0 saturated carbocycles. The van der Waals surface area contributed by atoms with Crippen molar-refractivity contribution in [2.75, 3.05) is 13.1 Å². The molecule has 0 aliphatic carbocycles. The molecule has 2 nitrogen and oxygen atoms in total. The maximum absolute atomic E-state index is 13.4. The molecule has 1 N–H and O–H groups in total. The third kappa shape index (κ3) is 5.52. The first-order valence-corrected chi connectivity index (χ1v) is 10.7. The van der Waals surface area contributed by atoms with Gasteiger partial charge in [0.2, 0.25) is 0 Å². The molecule has 0 aromatic heterocycles. The van der Waals surface area contributed by atoms with Crippen LogP contribution in [0.1, 0.15) is 22.7 Å². The van der Waals surface area contributed by atoms with E-state index in [9.17, 15) is 13.9 Å². The van der Waals surface area contributed by atoms with Gasteiger partial charge in [-0.1, -0.05) is 53.5 Å². The highest BCUT2D eigenvalue weighted by Gasteiger charge is 2.30. The lowest BCUT2D eigenvalue weighted by atomic mass is 9.92. The van der Waals surface area contributed by atoms with Crippen molar-refractivity contribution in [1.29, 1.82) is 0 Å². The smallest absolute Gasteiger partial charge is 0.126 e. The van der Waals surface area contributed by atoms with Crippen LogP contribution >= 0.6 is 23.2 Å². The standard InChI is InChI=1S/C25H21Cl2F2NO/c26-20-5-1-18(2-6-20)25(19-3-7-21(27)8-4-19)30-14-17(15-30)12-24(31)11-16-9-22(28)13-23(29)10-16/h1-10,12-13,24-25,31H,11,14-15H2. The molecule has 1 atom stereocenters. The highest BCUT2D eigenvalue weighted by molar-refractivity contribution is 6.30. The van der Waals surface area contributed by atoms with Gasteiger partial charge in [0.05, 0.1) is 12.1 Å². The third-order valence-corrected chi connectivity index (χ3v) is 5.85. The molecule has 0 radical (unpaired) electrons. The van der Waals surface area contributed by atoms with Crippen LogP contribution in [0.25, 0.3) is 0 Å². The molecule has 0 spiro atoms. The van der Waals surface area contributed by atoms with Gasteiger partial charge >= 0.3 is 0 Å². The Bertz CT molecular complexity index is 1010. The number of halogens is 4. The minimum absolute atomic E-state index is 0.0288. The van der Waals surface area contributed by atoms with Gasteiger partial charge in [0.15, 0.2) is 0 Å². The van der Waals surface area contributed by atoms with Crippen LogP contribution in [0.15, 0.2) is 78.4 Å². The lowest BCUT2D eigenvalue weighted by Gasteiger charge is -2.41. The average Bonchev–Trinajstić information content (AvgIpc) is 2.68. The molecule has 1 fully saturated rings. The van der Waals surface area contributed by atoms with Gasteiger partial charge in [-0.2, -0.15) is 0 Å². The number of hydrogen-bond acceptors (Lipinski definition) is 2. The predicted octanol–water partition coefficient (Wildman–Crippen LogP) is 6.21. The first-order chi connectivity index (χ1) is 14.9. The van der Waals surface area contributed by atoms with Crippen LogP contribution in [-0.2, 0) is 6.42 Å². The monoisotopic (exact) mass is 459 g/mol. The Labute approximate surface area is 190 Å². The van der Waals surface area contributed by atoms with Gasteiger partial charge in [-0.3, -0.25) is 4.90 Å². The van der Waals surface area contributed by atoms with E-state index in [1.165, 1.54) is 12.1 Å². The maximum Gasteiger partial charge on any atom is 0.126 e. The SMILES string of the molecule is OC(C=C1CN(C(c2ccc(Cl)cc2)c2ccc(Cl)cc2)C1)Cc1cc(F)cc(F)c1. The van der Waals surface area contributed by atoms with E-state index in [0.29, 0.717) is 28.7 Å². The van der Waals surface area contributed by atoms with Crippen LogP contribution in [0.2, 0.25) is 10.0 Å². The summed E-state index contributed by atoms with van der Waals surface area (Å²) in [4.78, 5) is 2.28. The van der Waals surface area contributed by atoms with Crippen molar-refractivity contribution in [3.05, 3.63) is 117 Å². The van der Waals surface area contributed by atoms with Gasteiger partial charge in [0, 0.05) is 35.6 Å². The molecule has 3 aromatic carbocycles. The average molecular weight is 460 g/mol. The molecule has 1 aliphatic heterocycles. The lowest BCUT2D eigenvalue weighted by Crippen LogP contribution is -2.43. The van der Waals surface area contributed by atoms with E-state index in [4.69, 9.17) is 23.2 Å². The largest absolute Gasteiger partial charge is 0.389 e. The molecule has 0 bridgehead atoms. The molecule has 1 aliphatic rings. The van der Waals surface area contributed by atoms with Crippen molar-refractivity contribution in [1.82, 2.24) is 4.90 Å². The Kier molecular flexibility index (Phi) is 6.73. The number of nitrogens with zero attached hydrogens (tertiary/aromatic N) is 1. The molecule has 31 heavy (non-hydrogen) atoms. The number of aliphatic hydroxyl groups is 1. The van der Waals surface area contributed by atoms with Crippen LogP contribution in [-0.4, -0.2) is 29.2 Å². The topological polar surface area (TPSA) is 23.5 Å². The van der Waals surface area contributed by atoms with Crippen LogP contribution in [0.4, 0.5) is 8.78 Å². The number of rotatable bonds is 6. The second kappa shape index (κ2) is 9.49. The zero-order valence-electron chi connectivity index (χ0n) is 16.6. The van der Waals surface area contributed by atoms with E-state index in [1.54, 1.807) is 6.08 Å². The Balaban J connectivity index is 1.48. The summed E-state index contributed by atoms with van der Waals surface area (Å²) in [5.41, 5.74) is 3.73. The van der Waals surface area contributed by atoms with E-state index < -0.39 is 17.7 Å². The second-order valence-electron chi connectivity index (χ2n) is 7.78. The first kappa shape index (κ1) is 22.0. The van der Waals surface area contributed by atoms with Crippen molar-refractivity contribution in [2.45, 2.75) is 18.6 Å². The van der Waals surface area contributed by atoms with E-state index in [2.05, 4.69) is 4.90 Å². The van der Waals surface area contributed by atoms with Crippen molar-refractivity contribution in [3.63, 3.8) is 0 Å². The Hall–Kier alpha value is -2.24. The zero-order valence-corrected chi connectivity index (χ0v) is 18.1. The second-order valence-corrected chi connectivity index (χ2v) is 8.66. The molecule has 160 valence electrons. The van der Waals surface area contributed by atoms with Crippen molar-refractivity contribution < 1.29 is 13.9 Å². The van der Waals surface area contributed by atoms with Crippen LogP contribution in [0.5, 0.6) is 0 Å². The Morgan fingerprint density at radius 3 is 1.81 bits per heavy atom. The van der Waals surface area contributed by atoms with Gasteiger partial charge in [0.25, 0.3) is 0 Å². The summed E-state index contributed by atoms with van der Waals surface area (Å²) in [6, 6.07) is 18.9. The van der Waals surface area contributed by atoms with Gasteiger partial charge < -0.3 is 5.11 Å². The maximum atomic E-state index is 13.4. The predicted molar refractivity (Wildman–Crippen MR) is 120 cm³/mol. The number of likely N-dealkylation sites (tertiary alicyclic amines) is 1. The normalized spacial score (nSPS) is 15.1. The van der Waals surface area contributed by atoms with Crippen LogP contribution in [0.3, 0.4) is 0 Å². The number of hydrogen-bond donors (Lipinski definition) is 1. The number of benzene rings is 3. The Morgan fingerprint density at radius 1 is 0.839 bits per heavy atom. The summed E-state index contributed by atoms with van der Waals surface area (Å²) in [5.74, 6) is -1.28. The summed E-state index contributed by atoms with van der Waals surface area (Å²) in [7, 11) is 0. The molecule has 1 unspecified atom stereocenters. The van der Waals surface area contributed by atoms with E-state index >= 15 is 0 Å². The van der Waals surface area contributed by atoms with Gasteiger partial charge in [-0.25, -0.2) is 8.78 Å². The minimum atomic E-state index is -0.803. The van der Waals surface area contributed by atoms with Gasteiger partial charge in [-0.15, -0.1) is 0 Å². The van der Waals surface area contributed by atoms with E-state index in [1.807, 2.05) is 48.5 Å². The minimum Gasteiger partial charge on any atom is -0.389 e. The van der Waals surface area contributed by atoms with Crippen molar-refractivity contribution in [2.24, 2.45) is 0 Å². The van der Waals surface area contributed by atoms with Gasteiger partial charge in [0.1, 0.15) is 11.6 Å². The highest BCUT2D eigenvalue weighted by Crippen LogP contribution is 2.35.